The van der Waals surface area contributed by atoms with Crippen LogP contribution in [0.25, 0.3) is 0 Å². The normalized spacial score (nSPS) is 12.1. The van der Waals surface area contributed by atoms with E-state index in [4.69, 9.17) is 10.2 Å². The SMILES string of the molecule is CC(C)CCN=C(N)NCCc1ccco1. The summed E-state index contributed by atoms with van der Waals surface area (Å²) in [5.41, 5.74) is 5.71. The van der Waals surface area contributed by atoms with Gasteiger partial charge in [0.1, 0.15) is 5.76 Å². The van der Waals surface area contributed by atoms with Crippen molar-refractivity contribution in [2.24, 2.45) is 16.6 Å². The third-order valence-electron chi connectivity index (χ3n) is 2.25. The van der Waals surface area contributed by atoms with Gasteiger partial charge in [0.15, 0.2) is 5.96 Å². The van der Waals surface area contributed by atoms with Crippen LogP contribution in [0.1, 0.15) is 26.0 Å². The lowest BCUT2D eigenvalue weighted by molar-refractivity contribution is 0.507. The van der Waals surface area contributed by atoms with Gasteiger partial charge in [-0.1, -0.05) is 13.8 Å². The first-order chi connectivity index (χ1) is 7.68. The van der Waals surface area contributed by atoms with Crippen molar-refractivity contribution >= 4 is 5.96 Å². The van der Waals surface area contributed by atoms with E-state index in [1.807, 2.05) is 12.1 Å². The van der Waals surface area contributed by atoms with Gasteiger partial charge in [0.05, 0.1) is 6.26 Å². The lowest BCUT2D eigenvalue weighted by atomic mass is 10.1. The highest BCUT2D eigenvalue weighted by atomic mass is 16.3. The minimum atomic E-state index is 0.521. The zero-order chi connectivity index (χ0) is 11.8. The first kappa shape index (κ1) is 12.6. The van der Waals surface area contributed by atoms with Crippen molar-refractivity contribution in [3.8, 4) is 0 Å². The van der Waals surface area contributed by atoms with Gasteiger partial charge in [-0.2, -0.15) is 0 Å². The summed E-state index contributed by atoms with van der Waals surface area (Å²) in [6.07, 6.45) is 3.57. The number of hydrogen-bond acceptors (Lipinski definition) is 2. The van der Waals surface area contributed by atoms with Crippen LogP contribution in [0.5, 0.6) is 0 Å². The Labute approximate surface area is 96.9 Å². The molecule has 0 saturated carbocycles. The average Bonchev–Trinajstić information content (AvgIpc) is 2.70. The molecule has 0 aliphatic heterocycles. The van der Waals surface area contributed by atoms with Crippen molar-refractivity contribution in [3.05, 3.63) is 24.2 Å². The Kier molecular flexibility index (Phi) is 5.46. The standard InChI is InChI=1S/C12H21N3O/c1-10(2)5-7-14-12(13)15-8-6-11-4-3-9-16-11/h3-4,9-10H,5-8H2,1-2H3,(H3,13,14,15). The molecule has 0 saturated heterocycles. The molecule has 0 radical (unpaired) electrons. The molecule has 4 nitrogen and oxygen atoms in total. The van der Waals surface area contributed by atoms with Crippen LogP contribution in [0.15, 0.2) is 27.8 Å². The van der Waals surface area contributed by atoms with Crippen LogP contribution in [0.3, 0.4) is 0 Å². The van der Waals surface area contributed by atoms with Crippen molar-refractivity contribution in [2.75, 3.05) is 13.1 Å². The Balaban J connectivity index is 2.12. The summed E-state index contributed by atoms with van der Waals surface area (Å²) >= 11 is 0. The van der Waals surface area contributed by atoms with Gasteiger partial charge in [0.2, 0.25) is 0 Å². The van der Waals surface area contributed by atoms with Crippen molar-refractivity contribution < 1.29 is 4.42 Å². The molecule has 4 heteroatoms. The molecular weight excluding hydrogens is 202 g/mol. The summed E-state index contributed by atoms with van der Waals surface area (Å²) in [7, 11) is 0. The van der Waals surface area contributed by atoms with Gasteiger partial charge in [-0.3, -0.25) is 4.99 Å². The topological polar surface area (TPSA) is 63.5 Å². The van der Waals surface area contributed by atoms with Crippen LogP contribution in [0, 0.1) is 5.92 Å². The molecule has 3 N–H and O–H groups in total. The minimum Gasteiger partial charge on any atom is -0.469 e. The molecule has 1 aromatic heterocycles. The summed E-state index contributed by atoms with van der Waals surface area (Å²) in [6.45, 7) is 5.90. The number of nitrogens with one attached hydrogen (secondary N) is 1. The predicted molar refractivity (Wildman–Crippen MR) is 66.4 cm³/mol. The van der Waals surface area contributed by atoms with E-state index >= 15 is 0 Å². The Hall–Kier alpha value is -1.45. The fraction of sp³-hybridized carbons (Fsp3) is 0.583. The van der Waals surface area contributed by atoms with Gasteiger partial charge >= 0.3 is 0 Å². The van der Waals surface area contributed by atoms with Gasteiger partial charge in [0, 0.05) is 19.5 Å². The summed E-state index contributed by atoms with van der Waals surface area (Å²) < 4.78 is 5.21. The number of hydrogen-bond donors (Lipinski definition) is 2. The smallest absolute Gasteiger partial charge is 0.188 e. The predicted octanol–water partition coefficient (Wildman–Crippen LogP) is 1.77. The molecule has 0 aliphatic rings. The fourth-order valence-electron chi connectivity index (χ4n) is 1.27. The molecule has 1 rings (SSSR count). The van der Waals surface area contributed by atoms with E-state index in [1.165, 1.54) is 0 Å². The average molecular weight is 223 g/mol. The van der Waals surface area contributed by atoms with Crippen LogP contribution in [0.2, 0.25) is 0 Å². The summed E-state index contributed by atoms with van der Waals surface area (Å²) in [5.74, 6) is 2.15. The van der Waals surface area contributed by atoms with Crippen molar-refractivity contribution in [3.63, 3.8) is 0 Å². The third kappa shape index (κ3) is 5.44. The van der Waals surface area contributed by atoms with E-state index in [2.05, 4.69) is 24.2 Å². The summed E-state index contributed by atoms with van der Waals surface area (Å²) in [5, 5.41) is 3.06. The molecule has 1 aromatic rings. The molecule has 1 heterocycles. The molecule has 0 spiro atoms. The van der Waals surface area contributed by atoms with Crippen molar-refractivity contribution in [1.29, 1.82) is 0 Å². The number of nitrogens with zero attached hydrogens (tertiary/aromatic N) is 1. The second-order valence-electron chi connectivity index (χ2n) is 4.21. The van der Waals surface area contributed by atoms with Gasteiger partial charge in [-0.15, -0.1) is 0 Å². The second-order valence-corrected chi connectivity index (χ2v) is 4.21. The maximum absolute atomic E-state index is 5.71. The van der Waals surface area contributed by atoms with E-state index in [1.54, 1.807) is 6.26 Å². The van der Waals surface area contributed by atoms with Crippen molar-refractivity contribution in [1.82, 2.24) is 5.32 Å². The third-order valence-corrected chi connectivity index (χ3v) is 2.25. The van der Waals surface area contributed by atoms with E-state index in [0.29, 0.717) is 11.9 Å². The van der Waals surface area contributed by atoms with Crippen molar-refractivity contribution in [2.45, 2.75) is 26.7 Å². The quantitative estimate of drug-likeness (QED) is 0.570. The number of furan rings is 1. The molecular formula is C12H21N3O. The summed E-state index contributed by atoms with van der Waals surface area (Å²) in [4.78, 5) is 4.24. The maximum atomic E-state index is 5.71. The zero-order valence-corrected chi connectivity index (χ0v) is 10.1. The number of nitrogens with two attached hydrogens (primary N) is 1. The molecule has 90 valence electrons. The van der Waals surface area contributed by atoms with Gasteiger partial charge in [-0.25, -0.2) is 0 Å². The lowest BCUT2D eigenvalue weighted by Crippen LogP contribution is -2.33. The molecule has 0 fully saturated rings. The highest BCUT2D eigenvalue weighted by Crippen LogP contribution is 1.99. The van der Waals surface area contributed by atoms with E-state index < -0.39 is 0 Å². The number of guanidine groups is 1. The summed E-state index contributed by atoms with van der Waals surface area (Å²) in [6, 6.07) is 3.84. The number of rotatable bonds is 6. The van der Waals surface area contributed by atoms with Gasteiger partial charge < -0.3 is 15.5 Å². The Morgan fingerprint density at radius 1 is 1.56 bits per heavy atom. The monoisotopic (exact) mass is 223 g/mol. The van der Waals surface area contributed by atoms with E-state index in [0.717, 1.165) is 31.7 Å². The maximum Gasteiger partial charge on any atom is 0.188 e. The molecule has 0 aliphatic carbocycles. The largest absolute Gasteiger partial charge is 0.469 e. The molecule has 0 bridgehead atoms. The van der Waals surface area contributed by atoms with Crippen LogP contribution in [0.4, 0.5) is 0 Å². The highest BCUT2D eigenvalue weighted by Gasteiger charge is 1.96. The van der Waals surface area contributed by atoms with Crippen LogP contribution >= 0.6 is 0 Å². The molecule has 0 unspecified atom stereocenters. The Morgan fingerprint density at radius 2 is 2.38 bits per heavy atom. The molecule has 0 aromatic carbocycles. The molecule has 0 amide bonds. The minimum absolute atomic E-state index is 0.521. The second kappa shape index (κ2) is 6.93. The van der Waals surface area contributed by atoms with Gasteiger partial charge in [-0.05, 0) is 24.5 Å². The zero-order valence-electron chi connectivity index (χ0n) is 10.1. The van der Waals surface area contributed by atoms with Crippen LogP contribution in [-0.4, -0.2) is 19.0 Å². The first-order valence-electron chi connectivity index (χ1n) is 5.74. The first-order valence-corrected chi connectivity index (χ1v) is 5.74. The van der Waals surface area contributed by atoms with E-state index in [-0.39, 0.29) is 0 Å². The molecule has 0 atom stereocenters. The van der Waals surface area contributed by atoms with Crippen LogP contribution in [-0.2, 0) is 6.42 Å². The lowest BCUT2D eigenvalue weighted by Gasteiger charge is -2.05. The Bertz CT molecular complexity index is 304. The van der Waals surface area contributed by atoms with E-state index in [9.17, 15) is 0 Å². The Morgan fingerprint density at radius 3 is 3.00 bits per heavy atom. The highest BCUT2D eigenvalue weighted by molar-refractivity contribution is 5.77. The van der Waals surface area contributed by atoms with Crippen LogP contribution < -0.4 is 11.1 Å². The van der Waals surface area contributed by atoms with Gasteiger partial charge in [0.25, 0.3) is 0 Å². The molecule has 16 heavy (non-hydrogen) atoms. The fourth-order valence-corrected chi connectivity index (χ4v) is 1.27. The number of aliphatic imine (C=N–C) groups is 1.